The van der Waals surface area contributed by atoms with E-state index in [-0.39, 0.29) is 17.6 Å². The Kier molecular flexibility index (Phi) is 5.23. The lowest BCUT2D eigenvalue weighted by Crippen LogP contribution is -2.42. The summed E-state index contributed by atoms with van der Waals surface area (Å²) in [7, 11) is 2.13. The van der Waals surface area contributed by atoms with Crippen LogP contribution in [0.4, 0.5) is 4.79 Å². The highest BCUT2D eigenvalue weighted by Gasteiger charge is 2.52. The van der Waals surface area contributed by atoms with Crippen LogP contribution in [0.15, 0.2) is 24.3 Å². The minimum atomic E-state index is -0.498. The highest BCUT2D eigenvalue weighted by Crippen LogP contribution is 2.55. The topological polar surface area (TPSA) is 71.0 Å². The van der Waals surface area contributed by atoms with Crippen molar-refractivity contribution in [3.05, 3.63) is 35.4 Å². The molecule has 2 heterocycles. The fourth-order valence-corrected chi connectivity index (χ4v) is 5.72. The van der Waals surface area contributed by atoms with E-state index in [9.17, 15) is 9.90 Å². The summed E-state index contributed by atoms with van der Waals surface area (Å²) < 4.78 is 12.2. The molecular formula is C24H32N2O4. The van der Waals surface area contributed by atoms with Crippen molar-refractivity contribution >= 4 is 6.09 Å². The summed E-state index contributed by atoms with van der Waals surface area (Å²) in [5.74, 6) is 1.17. The van der Waals surface area contributed by atoms with Gasteiger partial charge in [-0.2, -0.15) is 0 Å². The number of hydrogen-bond donors (Lipinski definition) is 2. The highest BCUT2D eigenvalue weighted by molar-refractivity contribution is 5.73. The van der Waals surface area contributed by atoms with Crippen LogP contribution in [-0.2, 0) is 12.0 Å². The second kappa shape index (κ2) is 7.89. The van der Waals surface area contributed by atoms with Crippen LogP contribution >= 0.6 is 0 Å². The Morgan fingerprint density at radius 3 is 2.87 bits per heavy atom. The molecule has 1 aromatic carbocycles. The Balaban J connectivity index is 1.44. The third kappa shape index (κ3) is 3.50. The molecule has 0 bridgehead atoms. The van der Waals surface area contributed by atoms with Crippen LogP contribution < -0.4 is 14.8 Å². The van der Waals surface area contributed by atoms with E-state index in [0.717, 1.165) is 50.8 Å². The van der Waals surface area contributed by atoms with E-state index >= 15 is 0 Å². The highest BCUT2D eigenvalue weighted by atomic mass is 16.6. The number of nitrogens with zero attached hydrogens (tertiary/aromatic N) is 1. The molecule has 30 heavy (non-hydrogen) atoms. The van der Waals surface area contributed by atoms with E-state index in [2.05, 4.69) is 29.4 Å². The number of ether oxygens (including phenoxy) is 2. The molecule has 5 rings (SSSR count). The van der Waals surface area contributed by atoms with Gasteiger partial charge < -0.3 is 24.8 Å². The minimum Gasteiger partial charge on any atom is -0.485 e. The fraction of sp³-hybridized carbons (Fsp3) is 0.625. The molecule has 162 valence electrons. The average molecular weight is 413 g/mol. The number of carbonyl (C=O) groups excluding carboxylic acids is 1. The Hall–Kier alpha value is -2.05. The van der Waals surface area contributed by atoms with E-state index in [4.69, 9.17) is 9.47 Å². The van der Waals surface area contributed by atoms with Gasteiger partial charge in [-0.1, -0.05) is 43.9 Å². The molecule has 1 amide bonds. The number of aliphatic hydroxyl groups is 1. The molecule has 2 N–H and O–H groups in total. The SMILES string of the molecule is CN1CC[C@@]23C=C[C@H](O)C[C@@H]2Oc2c(OC(=O)NC4CCCCCC4)ccc(c23)C1. The van der Waals surface area contributed by atoms with Gasteiger partial charge in [-0.25, -0.2) is 4.79 Å². The second-order valence-electron chi connectivity index (χ2n) is 9.45. The van der Waals surface area contributed by atoms with Crippen molar-refractivity contribution in [2.75, 3.05) is 13.6 Å². The molecule has 0 aromatic heterocycles. The van der Waals surface area contributed by atoms with Crippen molar-refractivity contribution in [2.45, 2.75) is 81.6 Å². The molecule has 4 aliphatic rings. The van der Waals surface area contributed by atoms with E-state index in [0.29, 0.717) is 17.9 Å². The van der Waals surface area contributed by atoms with Gasteiger partial charge >= 0.3 is 6.09 Å². The van der Waals surface area contributed by atoms with E-state index in [1.54, 1.807) is 0 Å². The third-order valence-corrected chi connectivity index (χ3v) is 7.31. The minimum absolute atomic E-state index is 0.132. The average Bonchev–Trinajstić information content (AvgIpc) is 2.84. The van der Waals surface area contributed by atoms with Crippen molar-refractivity contribution in [3.8, 4) is 11.5 Å². The van der Waals surface area contributed by atoms with Gasteiger partial charge in [0.1, 0.15) is 6.10 Å². The fourth-order valence-electron chi connectivity index (χ4n) is 5.72. The lowest BCUT2D eigenvalue weighted by molar-refractivity contribution is 0.0820. The Morgan fingerprint density at radius 2 is 2.07 bits per heavy atom. The summed E-state index contributed by atoms with van der Waals surface area (Å²) in [6, 6.07) is 4.13. The van der Waals surface area contributed by atoms with Crippen LogP contribution in [0.5, 0.6) is 11.5 Å². The summed E-state index contributed by atoms with van der Waals surface area (Å²) in [5.41, 5.74) is 2.09. The first-order valence-corrected chi connectivity index (χ1v) is 11.4. The predicted octanol–water partition coefficient (Wildman–Crippen LogP) is 3.65. The monoisotopic (exact) mass is 412 g/mol. The van der Waals surface area contributed by atoms with Crippen LogP contribution in [-0.4, -0.2) is 47.9 Å². The molecule has 6 nitrogen and oxygen atoms in total. The van der Waals surface area contributed by atoms with Gasteiger partial charge in [-0.15, -0.1) is 0 Å². The standard InChI is InChI=1S/C24H32N2O4/c1-26-13-12-24-11-10-18(27)14-20(24)30-22-19(9-8-16(15-26)21(22)24)29-23(28)25-17-6-4-2-3-5-7-17/h8-11,17-18,20,27H,2-7,12-15H2,1H3,(H,25,28)/t18-,20-,24-/m0/s1. The molecular weight excluding hydrogens is 380 g/mol. The van der Waals surface area contributed by atoms with Gasteiger partial charge in [0.2, 0.25) is 0 Å². The first kappa shape index (κ1) is 19.9. The molecule has 0 unspecified atom stereocenters. The summed E-state index contributed by atoms with van der Waals surface area (Å²) in [6.07, 6.45) is 11.3. The molecule has 1 saturated carbocycles. The van der Waals surface area contributed by atoms with Crippen LogP contribution in [0.3, 0.4) is 0 Å². The first-order valence-electron chi connectivity index (χ1n) is 11.4. The van der Waals surface area contributed by atoms with Gasteiger partial charge in [0, 0.05) is 24.6 Å². The smallest absolute Gasteiger partial charge is 0.412 e. The largest absolute Gasteiger partial charge is 0.485 e. The zero-order valence-corrected chi connectivity index (χ0v) is 17.7. The number of hydrogen-bond acceptors (Lipinski definition) is 5. The van der Waals surface area contributed by atoms with Crippen molar-refractivity contribution in [1.29, 1.82) is 0 Å². The van der Waals surface area contributed by atoms with Gasteiger partial charge in [-0.3, -0.25) is 0 Å². The summed E-state index contributed by atoms with van der Waals surface area (Å²) in [6.45, 7) is 1.79. The van der Waals surface area contributed by atoms with Crippen LogP contribution in [0, 0.1) is 0 Å². The van der Waals surface area contributed by atoms with E-state index < -0.39 is 12.2 Å². The van der Waals surface area contributed by atoms with Gasteiger partial charge in [-0.05, 0) is 44.5 Å². The van der Waals surface area contributed by atoms with Crippen LogP contribution in [0.1, 0.15) is 62.5 Å². The zero-order valence-electron chi connectivity index (χ0n) is 17.7. The van der Waals surface area contributed by atoms with Crippen molar-refractivity contribution in [3.63, 3.8) is 0 Å². The molecule has 6 heteroatoms. The van der Waals surface area contributed by atoms with Crippen molar-refractivity contribution in [1.82, 2.24) is 10.2 Å². The van der Waals surface area contributed by atoms with Gasteiger partial charge in [0.05, 0.1) is 11.5 Å². The molecule has 1 spiro atoms. The summed E-state index contributed by atoms with van der Waals surface area (Å²) in [4.78, 5) is 15.0. The summed E-state index contributed by atoms with van der Waals surface area (Å²) in [5, 5.41) is 13.3. The third-order valence-electron chi connectivity index (χ3n) is 7.31. The van der Waals surface area contributed by atoms with E-state index in [1.807, 2.05) is 12.1 Å². The molecule has 0 radical (unpaired) electrons. The molecule has 1 aromatic rings. The molecule has 1 fully saturated rings. The second-order valence-corrected chi connectivity index (χ2v) is 9.45. The van der Waals surface area contributed by atoms with Crippen LogP contribution in [0.2, 0.25) is 0 Å². The van der Waals surface area contributed by atoms with E-state index in [1.165, 1.54) is 18.4 Å². The maximum Gasteiger partial charge on any atom is 0.412 e. The quantitative estimate of drug-likeness (QED) is 0.573. The van der Waals surface area contributed by atoms with Crippen molar-refractivity contribution < 1.29 is 19.4 Å². The maximum atomic E-state index is 12.7. The normalized spacial score (nSPS) is 31.1. The lowest BCUT2D eigenvalue weighted by atomic mass is 9.69. The first-order chi connectivity index (χ1) is 14.5. The predicted molar refractivity (Wildman–Crippen MR) is 114 cm³/mol. The lowest BCUT2D eigenvalue weighted by Gasteiger charge is -2.35. The number of benzene rings is 1. The Labute approximate surface area is 178 Å². The molecule has 3 atom stereocenters. The van der Waals surface area contributed by atoms with Gasteiger partial charge in [0.15, 0.2) is 11.5 Å². The Morgan fingerprint density at radius 1 is 1.27 bits per heavy atom. The van der Waals surface area contributed by atoms with Gasteiger partial charge in [0.25, 0.3) is 0 Å². The van der Waals surface area contributed by atoms with Crippen LogP contribution in [0.25, 0.3) is 0 Å². The number of amides is 1. The number of nitrogens with one attached hydrogen (secondary N) is 1. The number of rotatable bonds is 2. The zero-order chi connectivity index (χ0) is 20.7. The molecule has 2 aliphatic carbocycles. The number of aliphatic hydroxyl groups excluding tert-OH is 1. The summed E-state index contributed by atoms with van der Waals surface area (Å²) >= 11 is 0. The number of carbonyl (C=O) groups is 1. The Bertz CT molecular complexity index is 846. The molecule has 2 aliphatic heterocycles. The maximum absolute atomic E-state index is 12.7. The van der Waals surface area contributed by atoms with Crippen molar-refractivity contribution in [2.24, 2.45) is 0 Å². The molecule has 0 saturated heterocycles.